The van der Waals surface area contributed by atoms with Gasteiger partial charge in [-0.3, -0.25) is 0 Å². The van der Waals surface area contributed by atoms with Crippen LogP contribution in [0.4, 0.5) is 0 Å². The monoisotopic (exact) mass is 402 g/mol. The number of fused-ring (bicyclic) bond motifs is 5. The summed E-state index contributed by atoms with van der Waals surface area (Å²) in [6, 6.07) is 3.29. The second kappa shape index (κ2) is 6.66. The van der Waals surface area contributed by atoms with Crippen LogP contribution in [0.15, 0.2) is 27.6 Å². The van der Waals surface area contributed by atoms with E-state index in [0.29, 0.717) is 24.7 Å². The van der Waals surface area contributed by atoms with Crippen LogP contribution in [0.5, 0.6) is 0 Å². The summed E-state index contributed by atoms with van der Waals surface area (Å²) in [5.74, 6) is 1.19. The molecular formula is C24H34O5. The molecule has 29 heavy (non-hydrogen) atoms. The molecule has 0 aromatic carbocycles. The summed E-state index contributed by atoms with van der Waals surface area (Å²) in [7, 11) is 0. The molecule has 160 valence electrons. The third-order valence-corrected chi connectivity index (χ3v) is 9.68. The summed E-state index contributed by atoms with van der Waals surface area (Å²) < 4.78 is 5.14. The molecule has 4 aliphatic carbocycles. The molecule has 0 unspecified atom stereocenters. The van der Waals surface area contributed by atoms with Gasteiger partial charge in [0, 0.05) is 6.07 Å². The van der Waals surface area contributed by atoms with E-state index < -0.39 is 12.2 Å². The molecule has 5 heteroatoms. The van der Waals surface area contributed by atoms with Gasteiger partial charge < -0.3 is 19.7 Å². The van der Waals surface area contributed by atoms with E-state index in [1.807, 2.05) is 6.07 Å². The van der Waals surface area contributed by atoms with Crippen LogP contribution >= 0.6 is 0 Å². The molecule has 1 aromatic heterocycles. The van der Waals surface area contributed by atoms with Gasteiger partial charge in [0.05, 0.1) is 24.6 Å². The topological polar surface area (TPSA) is 90.9 Å². The molecule has 0 radical (unpaired) electrons. The lowest BCUT2D eigenvalue weighted by atomic mass is 9.43. The summed E-state index contributed by atoms with van der Waals surface area (Å²) in [5, 5.41) is 32.9. The Balaban J connectivity index is 1.51. The molecule has 10 atom stereocenters. The molecule has 0 saturated heterocycles. The fourth-order valence-electron chi connectivity index (χ4n) is 8.52. The van der Waals surface area contributed by atoms with Gasteiger partial charge >= 0.3 is 5.63 Å². The van der Waals surface area contributed by atoms with Gasteiger partial charge in [-0.2, -0.15) is 0 Å². The van der Waals surface area contributed by atoms with Gasteiger partial charge in [0.15, 0.2) is 0 Å². The van der Waals surface area contributed by atoms with Gasteiger partial charge in [-0.05, 0) is 97.0 Å². The Morgan fingerprint density at radius 2 is 1.72 bits per heavy atom. The van der Waals surface area contributed by atoms with Crippen molar-refractivity contribution < 1.29 is 19.7 Å². The quantitative estimate of drug-likeness (QED) is 0.672. The van der Waals surface area contributed by atoms with Crippen molar-refractivity contribution in [1.29, 1.82) is 0 Å². The average molecular weight is 403 g/mol. The summed E-state index contributed by atoms with van der Waals surface area (Å²) in [6.07, 6.45) is 6.60. The van der Waals surface area contributed by atoms with Gasteiger partial charge in [-0.15, -0.1) is 0 Å². The molecule has 5 nitrogen and oxygen atoms in total. The third kappa shape index (κ3) is 2.80. The van der Waals surface area contributed by atoms with E-state index in [1.165, 1.54) is 6.07 Å². The molecule has 0 spiro atoms. The van der Waals surface area contributed by atoms with Crippen LogP contribution in [0.25, 0.3) is 0 Å². The van der Waals surface area contributed by atoms with Gasteiger partial charge in [-0.25, -0.2) is 4.79 Å². The zero-order valence-corrected chi connectivity index (χ0v) is 17.5. The maximum Gasteiger partial charge on any atom is 0.335 e. The minimum Gasteiger partial charge on any atom is -0.431 e. The normalized spacial score (nSPS) is 51.8. The molecule has 5 rings (SSSR count). The number of aliphatic hydroxyl groups excluding tert-OH is 3. The highest BCUT2D eigenvalue weighted by molar-refractivity contribution is 5.25. The largest absolute Gasteiger partial charge is 0.431 e. The first-order valence-electron chi connectivity index (χ1n) is 11.4. The van der Waals surface area contributed by atoms with E-state index in [0.717, 1.165) is 37.7 Å². The molecule has 0 aliphatic heterocycles. The second-order valence-corrected chi connectivity index (χ2v) is 10.9. The molecule has 4 saturated carbocycles. The number of hydrogen-bond donors (Lipinski definition) is 3. The lowest BCUT2D eigenvalue weighted by molar-refractivity contribution is -0.184. The summed E-state index contributed by atoms with van der Waals surface area (Å²) in [5.41, 5.74) is 0.431. The van der Waals surface area contributed by atoms with E-state index in [2.05, 4.69) is 13.8 Å². The van der Waals surface area contributed by atoms with Crippen molar-refractivity contribution >= 4 is 0 Å². The highest BCUT2D eigenvalue weighted by atomic mass is 16.4. The molecule has 0 bridgehead atoms. The van der Waals surface area contributed by atoms with Crippen molar-refractivity contribution in [2.24, 2.45) is 34.5 Å². The number of hydrogen-bond acceptors (Lipinski definition) is 5. The lowest BCUT2D eigenvalue weighted by Gasteiger charge is -2.62. The van der Waals surface area contributed by atoms with Crippen molar-refractivity contribution in [2.45, 2.75) is 83.0 Å². The Morgan fingerprint density at radius 3 is 2.45 bits per heavy atom. The summed E-state index contributed by atoms with van der Waals surface area (Å²) in [4.78, 5) is 11.4. The van der Waals surface area contributed by atoms with Crippen LogP contribution in [0.1, 0.15) is 70.3 Å². The molecule has 1 aromatic rings. The summed E-state index contributed by atoms with van der Waals surface area (Å²) in [6.45, 7) is 4.55. The Hall–Kier alpha value is -1.17. The SMILES string of the molecule is C[C@]12CC[C@H](O)C[C@@H]1CC[C@H]1[C@H]2[C@@H](O)C[C@@]2(C)[C@@H]1[C@H](O)C[C@@H]2c1ccc(=O)oc1. The minimum absolute atomic E-state index is 0.0419. The molecular weight excluding hydrogens is 368 g/mol. The van der Waals surface area contributed by atoms with Crippen LogP contribution in [0.2, 0.25) is 0 Å². The van der Waals surface area contributed by atoms with E-state index in [-0.39, 0.29) is 40.3 Å². The van der Waals surface area contributed by atoms with Crippen LogP contribution in [0, 0.1) is 34.5 Å². The first kappa shape index (κ1) is 19.8. The maximum atomic E-state index is 11.5. The van der Waals surface area contributed by atoms with Crippen LogP contribution in [0.3, 0.4) is 0 Å². The molecule has 3 N–H and O–H groups in total. The third-order valence-electron chi connectivity index (χ3n) is 9.68. The van der Waals surface area contributed by atoms with Gasteiger partial charge in [0.1, 0.15) is 0 Å². The average Bonchev–Trinajstić information content (AvgIpc) is 2.93. The van der Waals surface area contributed by atoms with Crippen LogP contribution in [-0.2, 0) is 0 Å². The maximum absolute atomic E-state index is 11.5. The smallest absolute Gasteiger partial charge is 0.335 e. The first-order valence-corrected chi connectivity index (χ1v) is 11.4. The molecule has 1 heterocycles. The van der Waals surface area contributed by atoms with E-state index in [1.54, 1.807) is 6.26 Å². The Labute approximate surface area is 172 Å². The zero-order valence-electron chi connectivity index (χ0n) is 17.5. The highest BCUT2D eigenvalue weighted by Crippen LogP contribution is 2.68. The summed E-state index contributed by atoms with van der Waals surface area (Å²) >= 11 is 0. The Bertz CT molecular complexity index is 814. The highest BCUT2D eigenvalue weighted by Gasteiger charge is 2.65. The predicted octanol–water partition coefficient (Wildman–Crippen LogP) is 3.07. The van der Waals surface area contributed by atoms with Crippen molar-refractivity contribution in [2.75, 3.05) is 0 Å². The molecule has 4 fully saturated rings. The number of rotatable bonds is 1. The Morgan fingerprint density at radius 1 is 0.966 bits per heavy atom. The predicted molar refractivity (Wildman–Crippen MR) is 108 cm³/mol. The second-order valence-electron chi connectivity index (χ2n) is 10.9. The van der Waals surface area contributed by atoms with Crippen LogP contribution < -0.4 is 5.63 Å². The lowest BCUT2D eigenvalue weighted by Crippen LogP contribution is -2.60. The number of aliphatic hydroxyl groups is 3. The van der Waals surface area contributed by atoms with Crippen molar-refractivity contribution in [3.8, 4) is 0 Å². The fourth-order valence-corrected chi connectivity index (χ4v) is 8.52. The Kier molecular flexibility index (Phi) is 4.54. The minimum atomic E-state index is -0.397. The van der Waals surface area contributed by atoms with Crippen molar-refractivity contribution in [3.63, 3.8) is 0 Å². The van der Waals surface area contributed by atoms with Gasteiger partial charge in [-0.1, -0.05) is 13.8 Å². The standard InChI is InChI=1S/C24H34O5/c1-23-8-7-15(25)9-14(23)4-5-16-21-18(26)10-17(13-3-6-20(28)29-12-13)24(21,2)11-19(27)22(16)23/h3,6,12,14-19,21-22,25-27H,4-5,7-11H2,1-2H3/t14-,15-,16+,17+,18+,19-,21-,22-,23-,24+/m0/s1. The van der Waals surface area contributed by atoms with Crippen molar-refractivity contribution in [1.82, 2.24) is 0 Å². The van der Waals surface area contributed by atoms with E-state index in [4.69, 9.17) is 4.42 Å². The van der Waals surface area contributed by atoms with Crippen LogP contribution in [-0.4, -0.2) is 33.6 Å². The fraction of sp³-hybridized carbons (Fsp3) is 0.792. The van der Waals surface area contributed by atoms with E-state index >= 15 is 0 Å². The molecule has 4 aliphatic rings. The van der Waals surface area contributed by atoms with Gasteiger partial charge in [0.2, 0.25) is 0 Å². The van der Waals surface area contributed by atoms with E-state index in [9.17, 15) is 20.1 Å². The van der Waals surface area contributed by atoms with Crippen molar-refractivity contribution in [3.05, 3.63) is 34.4 Å². The zero-order chi connectivity index (χ0) is 20.6. The van der Waals surface area contributed by atoms with Gasteiger partial charge in [0.25, 0.3) is 0 Å². The molecule has 0 amide bonds. The first-order chi connectivity index (χ1) is 13.7.